The third kappa shape index (κ3) is 5.40. The number of likely N-dealkylation sites (N-methyl/N-ethyl adjacent to an activating group) is 1. The van der Waals surface area contributed by atoms with Crippen molar-refractivity contribution in [2.45, 2.75) is 25.8 Å². The lowest BCUT2D eigenvalue weighted by Gasteiger charge is -2.18. The molecule has 1 rings (SSSR count). The lowest BCUT2D eigenvalue weighted by atomic mass is 10.0. The number of thioether (sulfide) groups is 1. The molecular formula is C13H19BrFNS. The lowest BCUT2D eigenvalue weighted by Crippen LogP contribution is -2.31. The fourth-order valence-electron chi connectivity index (χ4n) is 1.79. The molecule has 1 atom stereocenters. The molecule has 0 bridgehead atoms. The summed E-state index contributed by atoms with van der Waals surface area (Å²) in [5.74, 6) is 0.994. The van der Waals surface area contributed by atoms with Crippen LogP contribution in [-0.4, -0.2) is 24.6 Å². The van der Waals surface area contributed by atoms with Crippen molar-refractivity contribution in [3.8, 4) is 0 Å². The van der Waals surface area contributed by atoms with Gasteiger partial charge in [-0.15, -0.1) is 0 Å². The topological polar surface area (TPSA) is 12.0 Å². The van der Waals surface area contributed by atoms with Crippen LogP contribution in [0.1, 0.15) is 18.9 Å². The predicted molar refractivity (Wildman–Crippen MR) is 78.3 cm³/mol. The first-order chi connectivity index (χ1) is 8.17. The predicted octanol–water partition coefficient (Wildman–Crippen LogP) is 3.86. The molecule has 0 heterocycles. The van der Waals surface area contributed by atoms with Gasteiger partial charge < -0.3 is 5.32 Å². The first kappa shape index (κ1) is 15.0. The monoisotopic (exact) mass is 319 g/mol. The zero-order chi connectivity index (χ0) is 12.7. The average molecular weight is 320 g/mol. The standard InChI is InChI=1S/C13H19BrFNS/c1-3-16-12(6-7-17-2)9-10-8-11(14)4-5-13(10)15/h4-5,8,12,16H,3,6-7,9H2,1-2H3. The second-order valence-corrected chi connectivity index (χ2v) is 5.88. The second-order valence-electron chi connectivity index (χ2n) is 3.98. The van der Waals surface area contributed by atoms with Crippen LogP contribution in [-0.2, 0) is 6.42 Å². The maximum absolute atomic E-state index is 13.6. The van der Waals surface area contributed by atoms with E-state index < -0.39 is 0 Å². The highest BCUT2D eigenvalue weighted by Crippen LogP contribution is 2.18. The number of hydrogen-bond acceptors (Lipinski definition) is 2. The first-order valence-corrected chi connectivity index (χ1v) is 8.02. The van der Waals surface area contributed by atoms with E-state index in [1.807, 2.05) is 17.8 Å². The van der Waals surface area contributed by atoms with Crippen molar-refractivity contribution in [1.82, 2.24) is 5.32 Å². The summed E-state index contributed by atoms with van der Waals surface area (Å²) in [4.78, 5) is 0. The van der Waals surface area contributed by atoms with E-state index in [1.54, 1.807) is 6.07 Å². The molecule has 1 nitrogen and oxygen atoms in total. The van der Waals surface area contributed by atoms with Crippen molar-refractivity contribution in [3.05, 3.63) is 34.1 Å². The molecule has 0 saturated heterocycles. The van der Waals surface area contributed by atoms with E-state index in [4.69, 9.17) is 0 Å². The number of nitrogens with one attached hydrogen (secondary N) is 1. The fraction of sp³-hybridized carbons (Fsp3) is 0.538. The van der Waals surface area contributed by atoms with E-state index in [-0.39, 0.29) is 5.82 Å². The van der Waals surface area contributed by atoms with Crippen LogP contribution < -0.4 is 5.32 Å². The lowest BCUT2D eigenvalue weighted by molar-refractivity contribution is 0.499. The third-order valence-corrected chi connectivity index (χ3v) is 3.77. The van der Waals surface area contributed by atoms with Crippen molar-refractivity contribution in [3.63, 3.8) is 0 Å². The Bertz CT molecular complexity index is 346. The molecule has 0 aromatic heterocycles. The van der Waals surface area contributed by atoms with Gasteiger partial charge >= 0.3 is 0 Å². The Labute approximate surface area is 116 Å². The van der Waals surface area contributed by atoms with Crippen molar-refractivity contribution >= 4 is 27.7 Å². The van der Waals surface area contributed by atoms with Crippen LogP contribution >= 0.6 is 27.7 Å². The maximum Gasteiger partial charge on any atom is 0.126 e. The molecule has 1 N–H and O–H groups in total. The smallest absolute Gasteiger partial charge is 0.126 e. The molecule has 0 aliphatic heterocycles. The molecule has 1 aromatic carbocycles. The van der Waals surface area contributed by atoms with Crippen molar-refractivity contribution in [2.24, 2.45) is 0 Å². The zero-order valence-corrected chi connectivity index (χ0v) is 12.7. The summed E-state index contributed by atoms with van der Waals surface area (Å²) >= 11 is 5.22. The van der Waals surface area contributed by atoms with Gasteiger partial charge in [0.15, 0.2) is 0 Å². The molecule has 1 unspecified atom stereocenters. The summed E-state index contributed by atoms with van der Waals surface area (Å²) in [5.41, 5.74) is 0.784. The minimum absolute atomic E-state index is 0.111. The van der Waals surface area contributed by atoms with E-state index in [0.717, 1.165) is 35.2 Å². The van der Waals surface area contributed by atoms with Crippen LogP contribution in [0.25, 0.3) is 0 Å². The summed E-state index contributed by atoms with van der Waals surface area (Å²) in [6.45, 7) is 3.01. The molecular weight excluding hydrogens is 301 g/mol. The van der Waals surface area contributed by atoms with Crippen LogP contribution in [0.4, 0.5) is 4.39 Å². The van der Waals surface area contributed by atoms with E-state index in [9.17, 15) is 4.39 Å². The van der Waals surface area contributed by atoms with Gasteiger partial charge in [-0.3, -0.25) is 0 Å². The number of hydrogen-bond donors (Lipinski definition) is 1. The molecule has 4 heteroatoms. The van der Waals surface area contributed by atoms with Gasteiger partial charge in [-0.1, -0.05) is 22.9 Å². The van der Waals surface area contributed by atoms with E-state index in [0.29, 0.717) is 6.04 Å². The number of benzene rings is 1. The van der Waals surface area contributed by atoms with Crippen molar-refractivity contribution < 1.29 is 4.39 Å². The summed E-state index contributed by atoms with van der Waals surface area (Å²) in [6, 6.07) is 5.50. The Morgan fingerprint density at radius 1 is 1.47 bits per heavy atom. The molecule has 0 aliphatic carbocycles. The minimum atomic E-state index is -0.111. The average Bonchev–Trinajstić information content (AvgIpc) is 2.31. The quantitative estimate of drug-likeness (QED) is 0.819. The zero-order valence-electron chi connectivity index (χ0n) is 10.3. The Balaban J connectivity index is 2.67. The maximum atomic E-state index is 13.6. The Morgan fingerprint density at radius 2 is 2.24 bits per heavy atom. The van der Waals surface area contributed by atoms with Crippen LogP contribution in [0.3, 0.4) is 0 Å². The Kier molecular flexibility index (Phi) is 7.16. The van der Waals surface area contributed by atoms with E-state index in [1.165, 1.54) is 6.07 Å². The van der Waals surface area contributed by atoms with Gasteiger partial charge in [0.05, 0.1) is 0 Å². The molecule has 0 radical (unpaired) electrons. The summed E-state index contributed by atoms with van der Waals surface area (Å²) in [5, 5.41) is 3.42. The van der Waals surface area contributed by atoms with Gasteiger partial charge in [-0.25, -0.2) is 4.39 Å². The van der Waals surface area contributed by atoms with Gasteiger partial charge in [0.2, 0.25) is 0 Å². The van der Waals surface area contributed by atoms with Crippen molar-refractivity contribution in [1.29, 1.82) is 0 Å². The van der Waals surface area contributed by atoms with Gasteiger partial charge in [0.25, 0.3) is 0 Å². The first-order valence-electron chi connectivity index (χ1n) is 5.83. The van der Waals surface area contributed by atoms with Crippen molar-refractivity contribution in [2.75, 3.05) is 18.6 Å². The van der Waals surface area contributed by atoms with Crippen LogP contribution in [0.2, 0.25) is 0 Å². The van der Waals surface area contributed by atoms with Crippen LogP contribution in [0.5, 0.6) is 0 Å². The SMILES string of the molecule is CCNC(CCSC)Cc1cc(Br)ccc1F. The summed E-state index contributed by atoms with van der Waals surface area (Å²) < 4.78 is 14.6. The molecule has 17 heavy (non-hydrogen) atoms. The highest BCUT2D eigenvalue weighted by molar-refractivity contribution is 9.10. The largest absolute Gasteiger partial charge is 0.314 e. The second kappa shape index (κ2) is 8.11. The summed E-state index contributed by atoms with van der Waals surface area (Å²) in [7, 11) is 0. The van der Waals surface area contributed by atoms with Gasteiger partial charge in [0, 0.05) is 10.5 Å². The number of halogens is 2. The Morgan fingerprint density at radius 3 is 2.88 bits per heavy atom. The molecule has 1 aromatic rings. The normalized spacial score (nSPS) is 12.7. The molecule has 0 saturated carbocycles. The van der Waals surface area contributed by atoms with E-state index >= 15 is 0 Å². The van der Waals surface area contributed by atoms with Gasteiger partial charge in [-0.2, -0.15) is 11.8 Å². The Hall–Kier alpha value is -0.0600. The van der Waals surface area contributed by atoms with Crippen LogP contribution in [0, 0.1) is 5.82 Å². The molecule has 0 fully saturated rings. The van der Waals surface area contributed by atoms with Gasteiger partial charge in [-0.05, 0) is 55.2 Å². The minimum Gasteiger partial charge on any atom is -0.314 e. The highest BCUT2D eigenvalue weighted by Gasteiger charge is 2.11. The van der Waals surface area contributed by atoms with Gasteiger partial charge in [0.1, 0.15) is 5.82 Å². The molecule has 96 valence electrons. The highest BCUT2D eigenvalue weighted by atomic mass is 79.9. The van der Waals surface area contributed by atoms with Crippen LogP contribution in [0.15, 0.2) is 22.7 Å². The molecule has 0 amide bonds. The number of rotatable bonds is 7. The molecule has 0 spiro atoms. The fourth-order valence-corrected chi connectivity index (χ4v) is 2.72. The molecule has 0 aliphatic rings. The van der Waals surface area contributed by atoms with E-state index in [2.05, 4.69) is 34.4 Å². The summed E-state index contributed by atoms with van der Waals surface area (Å²) in [6.07, 6.45) is 3.92. The third-order valence-electron chi connectivity index (χ3n) is 2.64.